The topological polar surface area (TPSA) is 49.8 Å². The molecule has 0 radical (unpaired) electrons. The Bertz CT molecular complexity index is 1190. The molecule has 4 nitrogen and oxygen atoms in total. The van der Waals surface area contributed by atoms with Crippen LogP contribution in [0.4, 0.5) is 0 Å². The van der Waals surface area contributed by atoms with Crippen molar-refractivity contribution in [1.82, 2.24) is 4.90 Å². The van der Waals surface area contributed by atoms with E-state index >= 15 is 0 Å². The molecule has 1 fully saturated rings. The minimum Gasteiger partial charge on any atom is -0.450 e. The third kappa shape index (κ3) is 5.09. The van der Waals surface area contributed by atoms with Crippen molar-refractivity contribution in [2.45, 2.75) is 51.3 Å². The van der Waals surface area contributed by atoms with Crippen LogP contribution in [0.15, 0.2) is 30.3 Å². The van der Waals surface area contributed by atoms with Crippen molar-refractivity contribution in [2.24, 2.45) is 5.89 Å². The normalized spacial score (nSPS) is 38.3. The Balaban J connectivity index is 2.95. The number of rotatable bonds is 8. The van der Waals surface area contributed by atoms with E-state index in [2.05, 4.69) is 5.11 Å². The molecule has 26 heavy (non-hydrogen) atoms. The van der Waals surface area contributed by atoms with Crippen LogP contribution in [0.1, 0.15) is 71.8 Å². The van der Waals surface area contributed by atoms with Gasteiger partial charge in [-0.1, -0.05) is 75.1 Å². The van der Waals surface area contributed by atoms with Gasteiger partial charge in [-0.05, 0) is 31.4 Å². The summed E-state index contributed by atoms with van der Waals surface area (Å²) in [5, 5.41) is 4.57. The highest BCUT2D eigenvalue weighted by molar-refractivity contribution is 5.81. The molecule has 0 saturated heterocycles. The Morgan fingerprint density at radius 2 is 2.04 bits per heavy atom. The van der Waals surface area contributed by atoms with Crippen molar-refractivity contribution in [3.63, 3.8) is 0 Å². The molecule has 1 aliphatic rings. The smallest absolute Gasteiger partial charge is 0.344 e. The van der Waals surface area contributed by atoms with Crippen LogP contribution in [-0.2, 0) is 15.1 Å². The van der Waals surface area contributed by atoms with E-state index in [4.69, 9.17) is 26.7 Å². The van der Waals surface area contributed by atoms with Gasteiger partial charge >= 0.3 is 5.97 Å². The number of aliphatic hydroxyl groups is 1. The molecular formula is C22H31NO3. The number of ether oxygens (including phenoxy) is 1. The van der Waals surface area contributed by atoms with E-state index < -0.39 is 67.9 Å². The average Bonchev–Trinajstić information content (AvgIpc) is 2.88. The van der Waals surface area contributed by atoms with Gasteiger partial charge in [0, 0.05) is 21.0 Å². The summed E-state index contributed by atoms with van der Waals surface area (Å²) in [6.07, 6.45) is -20.5. The molecule has 0 bridgehead atoms. The summed E-state index contributed by atoms with van der Waals surface area (Å²) in [6.45, 7) is -2.35. The molecule has 1 N–H and O–H groups in total. The van der Waals surface area contributed by atoms with Gasteiger partial charge in [0.1, 0.15) is 0 Å². The number of carbonyl (C=O) groups excluding carboxylic acids is 1. The van der Waals surface area contributed by atoms with Gasteiger partial charge in [0.05, 0.1) is 12.0 Å². The van der Waals surface area contributed by atoms with Gasteiger partial charge in [-0.3, -0.25) is 4.90 Å². The Morgan fingerprint density at radius 3 is 2.65 bits per heavy atom. The van der Waals surface area contributed by atoms with E-state index in [0.717, 1.165) is 12.1 Å². The third-order valence-electron chi connectivity index (χ3n) is 3.55. The Labute approximate surface area is 180 Å². The quantitative estimate of drug-likeness (QED) is 0.561. The molecule has 1 saturated carbocycles. The fourth-order valence-electron chi connectivity index (χ4n) is 2.12. The fraction of sp³-hybridized carbons (Fsp3) is 0.591. The summed E-state index contributed by atoms with van der Waals surface area (Å²) in [6, 6.07) is 5.54. The molecule has 142 valence electrons. The van der Waals surface area contributed by atoms with Crippen molar-refractivity contribution in [3.05, 3.63) is 35.9 Å². The summed E-state index contributed by atoms with van der Waals surface area (Å²) in [5.41, 5.74) is -4.56. The SMILES string of the molecule is [2H]OC(C(=O)OC([2H])([2H])C#CC([2H])([2H])N(CC)CC)(c1ccccc1)C1([2H])C([2H])([2H])C([2H])([2H])C([2H])([2H])C([2H])([2H])C1([2H])[2H]. The van der Waals surface area contributed by atoms with E-state index in [0.29, 0.717) is 0 Å². The van der Waals surface area contributed by atoms with Gasteiger partial charge in [0.25, 0.3) is 0 Å². The summed E-state index contributed by atoms with van der Waals surface area (Å²) in [5.74, 6) is -2.68. The van der Waals surface area contributed by atoms with E-state index in [1.165, 1.54) is 23.1 Å². The van der Waals surface area contributed by atoms with E-state index in [1.807, 2.05) is 5.92 Å². The van der Waals surface area contributed by atoms with Crippen LogP contribution in [0.3, 0.4) is 0 Å². The lowest BCUT2D eigenvalue weighted by molar-refractivity contribution is -0.174. The highest BCUT2D eigenvalue weighted by Gasteiger charge is 2.46. The molecule has 0 aromatic heterocycles. The van der Waals surface area contributed by atoms with Crippen molar-refractivity contribution in [3.8, 4) is 11.8 Å². The van der Waals surface area contributed by atoms with Gasteiger partial charge in [0.2, 0.25) is 1.43 Å². The second-order valence-corrected chi connectivity index (χ2v) is 5.07. The summed E-state index contributed by atoms with van der Waals surface area (Å²) < 4.78 is 137. The molecule has 0 amide bonds. The van der Waals surface area contributed by atoms with Crippen LogP contribution < -0.4 is 0 Å². The first-order chi connectivity index (χ1) is 18.8. The van der Waals surface area contributed by atoms with E-state index in [1.54, 1.807) is 19.8 Å². The number of esters is 1. The molecule has 0 heterocycles. The molecule has 0 spiro atoms. The predicted octanol–water partition coefficient (Wildman–Crippen LogP) is 3.34. The largest absolute Gasteiger partial charge is 0.450 e. The third-order valence-corrected chi connectivity index (χ3v) is 3.55. The molecule has 1 aromatic rings. The number of nitrogens with zero attached hydrogens (tertiary/aromatic N) is 1. The molecule has 0 aliphatic heterocycles. The molecule has 1 aliphatic carbocycles. The molecule has 1 aromatic carbocycles. The van der Waals surface area contributed by atoms with Crippen molar-refractivity contribution in [2.75, 3.05) is 26.1 Å². The van der Waals surface area contributed by atoms with Crippen molar-refractivity contribution < 1.29 is 35.2 Å². The summed E-state index contributed by atoms with van der Waals surface area (Å²) >= 11 is 0. The molecule has 2 rings (SSSR count). The second-order valence-electron chi connectivity index (χ2n) is 5.07. The fourth-order valence-corrected chi connectivity index (χ4v) is 2.12. The van der Waals surface area contributed by atoms with Crippen LogP contribution in [0.5, 0.6) is 0 Å². The van der Waals surface area contributed by atoms with Crippen molar-refractivity contribution in [1.29, 1.82) is 1.43 Å². The van der Waals surface area contributed by atoms with Gasteiger partial charge in [-0.25, -0.2) is 4.79 Å². The lowest BCUT2D eigenvalue weighted by atomic mass is 9.73. The Kier molecular flexibility index (Phi) is 3.05. The first-order valence-corrected chi connectivity index (χ1v) is 8.00. The van der Waals surface area contributed by atoms with Crippen molar-refractivity contribution >= 4 is 5.97 Å². The van der Waals surface area contributed by atoms with Crippen LogP contribution in [0.25, 0.3) is 0 Å². The van der Waals surface area contributed by atoms with Crippen LogP contribution in [0, 0.1) is 17.7 Å². The van der Waals surface area contributed by atoms with Gasteiger partial charge < -0.3 is 9.85 Å². The first kappa shape index (κ1) is 7.66. The second kappa shape index (κ2) is 10.4. The lowest BCUT2D eigenvalue weighted by Crippen LogP contribution is -2.45. The standard InChI is InChI=1S/C22H31NO3/c1-3-23(4-2)17-11-12-18-26-21(24)22(25,19-13-7-5-8-14-19)20-15-9-6-10-16-20/h5,7-8,13-14,20,25H,3-4,6,9-10,15-18H2,1-2H3/i6D2,9D2,10D2,15D2,16D2,17D2,18D2,20D,25D. The van der Waals surface area contributed by atoms with E-state index in [-0.39, 0.29) is 13.1 Å². The number of carbonyl (C=O) groups is 1. The van der Waals surface area contributed by atoms with Crippen LogP contribution in [-0.4, -0.2) is 43.6 Å². The number of hydrogen-bond donors (Lipinski definition) is 1. The average molecular weight is 374 g/mol. The molecular weight excluding hydrogens is 326 g/mol. The predicted molar refractivity (Wildman–Crippen MR) is 103 cm³/mol. The van der Waals surface area contributed by atoms with Gasteiger partial charge in [0.15, 0.2) is 12.2 Å². The highest BCUT2D eigenvalue weighted by Crippen LogP contribution is 2.40. The first-order valence-electron chi connectivity index (χ1n) is 15.9. The monoisotopic (exact) mass is 373 g/mol. The van der Waals surface area contributed by atoms with Gasteiger partial charge in [-0.15, -0.1) is 0 Å². The molecule has 1 unspecified atom stereocenters. The Hall–Kier alpha value is -1.83. The molecule has 4 heteroatoms. The van der Waals surface area contributed by atoms with Crippen LogP contribution >= 0.6 is 0 Å². The number of benzene rings is 1. The maximum absolute atomic E-state index is 13.9. The Morgan fingerprint density at radius 1 is 1.35 bits per heavy atom. The minimum absolute atomic E-state index is 0.161. The summed E-state index contributed by atoms with van der Waals surface area (Å²) in [4.78, 5) is 15.1. The number of hydrogen-bond acceptors (Lipinski definition) is 4. The van der Waals surface area contributed by atoms with E-state index in [9.17, 15) is 4.79 Å². The maximum atomic E-state index is 13.9. The maximum Gasteiger partial charge on any atom is 0.344 e. The minimum atomic E-state index is -4.23. The highest BCUT2D eigenvalue weighted by atomic mass is 16.5. The molecule has 1 atom stereocenters. The zero-order valence-corrected chi connectivity index (χ0v) is 14.5. The van der Waals surface area contributed by atoms with Gasteiger partial charge in [-0.2, -0.15) is 0 Å². The zero-order valence-electron chi connectivity index (χ0n) is 30.5. The lowest BCUT2D eigenvalue weighted by Gasteiger charge is -2.36. The van der Waals surface area contributed by atoms with Crippen LogP contribution in [0.2, 0.25) is 0 Å². The summed E-state index contributed by atoms with van der Waals surface area (Å²) in [7, 11) is 0. The zero-order chi connectivity index (χ0) is 33.0.